The molecule has 1 heterocycles. The lowest BCUT2D eigenvalue weighted by molar-refractivity contribution is 0.836. The molecule has 0 aliphatic heterocycles. The van der Waals surface area contributed by atoms with Crippen molar-refractivity contribution in [1.82, 2.24) is 4.57 Å². The van der Waals surface area contributed by atoms with Crippen molar-refractivity contribution in [3.8, 4) is 0 Å². The van der Waals surface area contributed by atoms with Crippen LogP contribution in [0.4, 0.5) is 0 Å². The first-order valence-corrected chi connectivity index (χ1v) is 7.38. The predicted octanol–water partition coefficient (Wildman–Crippen LogP) is 2.61. The van der Waals surface area contributed by atoms with Gasteiger partial charge in [-0.25, -0.2) is 0 Å². The van der Waals surface area contributed by atoms with Crippen LogP contribution in [0.5, 0.6) is 0 Å². The van der Waals surface area contributed by atoms with E-state index in [1.807, 2.05) is 6.07 Å². The van der Waals surface area contributed by atoms with E-state index in [9.17, 15) is 0 Å². The van der Waals surface area contributed by atoms with E-state index in [1.165, 1.54) is 16.5 Å². The Labute approximate surface area is 134 Å². The number of hydrogen-bond acceptors (Lipinski definition) is 2. The lowest BCUT2D eigenvalue weighted by Crippen LogP contribution is -2.21. The molecule has 1 aromatic heterocycles. The maximum atomic E-state index is 5.26. The number of hydrogen-bond donors (Lipinski definition) is 2. The van der Waals surface area contributed by atoms with E-state index in [0.29, 0.717) is 0 Å². The van der Waals surface area contributed by atoms with Crippen LogP contribution in [-0.4, -0.2) is 16.7 Å². The molecule has 0 aliphatic carbocycles. The number of nitrogens with two attached hydrogens (primary N) is 2. The third-order valence-corrected chi connectivity index (χ3v) is 3.65. The highest BCUT2D eigenvalue weighted by Gasteiger charge is 2.03. The quantitative estimate of drug-likeness (QED) is 0.441. The van der Waals surface area contributed by atoms with Crippen molar-refractivity contribution in [1.29, 1.82) is 0 Å². The molecule has 3 rings (SSSR count). The molecule has 0 atom stereocenters. The van der Waals surface area contributed by atoms with Gasteiger partial charge in [0.1, 0.15) is 0 Å². The number of fused-ring (bicyclic) bond motifs is 1. The first kappa shape index (κ1) is 14.8. The van der Waals surface area contributed by atoms with Gasteiger partial charge in [0.25, 0.3) is 0 Å². The topological polar surface area (TPSA) is 81.7 Å². The number of benzene rings is 2. The first-order chi connectivity index (χ1) is 11.1. The van der Waals surface area contributed by atoms with E-state index in [1.54, 1.807) is 6.21 Å². The summed E-state index contributed by atoms with van der Waals surface area (Å²) in [6.07, 6.45) is 3.74. The Morgan fingerprint density at radius 3 is 2.61 bits per heavy atom. The fourth-order valence-electron chi connectivity index (χ4n) is 2.47. The molecule has 0 saturated carbocycles. The fourth-order valence-corrected chi connectivity index (χ4v) is 2.47. The summed E-state index contributed by atoms with van der Waals surface area (Å²) < 4.78 is 2.22. The maximum absolute atomic E-state index is 5.26. The van der Waals surface area contributed by atoms with Gasteiger partial charge in [0.15, 0.2) is 0 Å². The van der Waals surface area contributed by atoms with Crippen LogP contribution in [-0.2, 0) is 6.54 Å². The Hall–Kier alpha value is -3.08. The molecule has 0 spiro atoms. The molecule has 0 amide bonds. The van der Waals surface area contributed by atoms with Crippen molar-refractivity contribution >= 4 is 23.1 Å². The third-order valence-electron chi connectivity index (χ3n) is 3.65. The normalized spacial score (nSPS) is 11.2. The van der Waals surface area contributed by atoms with Crippen LogP contribution in [0.15, 0.2) is 64.9 Å². The summed E-state index contributed by atoms with van der Waals surface area (Å²) in [6.45, 7) is 2.93. The maximum Gasteiger partial charge on any atom is 0.211 e. The molecule has 0 aliphatic rings. The van der Waals surface area contributed by atoms with Crippen molar-refractivity contribution in [2.45, 2.75) is 13.5 Å². The van der Waals surface area contributed by atoms with E-state index < -0.39 is 0 Å². The zero-order chi connectivity index (χ0) is 16.2. The van der Waals surface area contributed by atoms with Gasteiger partial charge >= 0.3 is 0 Å². The minimum absolute atomic E-state index is 0.0509. The number of nitrogens with zero attached hydrogens (tertiary/aromatic N) is 3. The Kier molecular flexibility index (Phi) is 4.10. The van der Waals surface area contributed by atoms with E-state index in [-0.39, 0.29) is 5.96 Å². The van der Waals surface area contributed by atoms with E-state index in [2.05, 4.69) is 70.4 Å². The Balaban J connectivity index is 1.90. The summed E-state index contributed by atoms with van der Waals surface area (Å²) in [7, 11) is 0. The van der Waals surface area contributed by atoms with Gasteiger partial charge in [-0.1, -0.05) is 42.0 Å². The van der Waals surface area contributed by atoms with Gasteiger partial charge in [-0.3, -0.25) is 0 Å². The summed E-state index contributed by atoms with van der Waals surface area (Å²) in [6, 6.07) is 16.8. The number of aryl methyl sites for hydroxylation is 1. The standard InChI is InChI=1S/C18H19N5/c1-13-2-4-14(5-3-13)12-23-9-8-16-7-6-15(10-17(16)23)11-21-22-18(19)20/h2-11H,12H2,1H3,(H4,19,20,22). The summed E-state index contributed by atoms with van der Waals surface area (Å²) in [5, 5.41) is 8.67. The molecule has 3 aromatic rings. The van der Waals surface area contributed by atoms with E-state index in [4.69, 9.17) is 11.5 Å². The van der Waals surface area contributed by atoms with E-state index >= 15 is 0 Å². The zero-order valence-electron chi connectivity index (χ0n) is 13.0. The molecule has 5 nitrogen and oxygen atoms in total. The summed E-state index contributed by atoms with van der Waals surface area (Å²) in [4.78, 5) is 0. The summed E-state index contributed by atoms with van der Waals surface area (Å²) >= 11 is 0. The molecule has 0 saturated heterocycles. The predicted molar refractivity (Wildman–Crippen MR) is 95.6 cm³/mol. The van der Waals surface area contributed by atoms with Gasteiger partial charge in [-0.05, 0) is 35.6 Å². The molecule has 0 radical (unpaired) electrons. The highest BCUT2D eigenvalue weighted by molar-refractivity contribution is 5.89. The van der Waals surface area contributed by atoms with E-state index in [0.717, 1.165) is 17.6 Å². The third kappa shape index (κ3) is 3.58. The van der Waals surface area contributed by atoms with Gasteiger partial charge < -0.3 is 16.0 Å². The van der Waals surface area contributed by atoms with Crippen LogP contribution in [0.2, 0.25) is 0 Å². The van der Waals surface area contributed by atoms with Gasteiger partial charge in [0.05, 0.1) is 6.21 Å². The summed E-state index contributed by atoms with van der Waals surface area (Å²) in [5.74, 6) is -0.0509. The highest BCUT2D eigenvalue weighted by atomic mass is 15.3. The number of rotatable bonds is 4. The zero-order valence-corrected chi connectivity index (χ0v) is 13.0. The molecule has 2 aromatic carbocycles. The van der Waals surface area contributed by atoms with Crippen LogP contribution in [0, 0.1) is 6.92 Å². The highest BCUT2D eigenvalue weighted by Crippen LogP contribution is 2.19. The molecule has 116 valence electrons. The molecule has 0 unspecified atom stereocenters. The van der Waals surface area contributed by atoms with Gasteiger partial charge in [-0.15, -0.1) is 5.10 Å². The second kappa shape index (κ2) is 6.36. The van der Waals surface area contributed by atoms with Gasteiger partial charge in [0, 0.05) is 18.3 Å². The average molecular weight is 305 g/mol. The van der Waals surface area contributed by atoms with Crippen molar-refractivity contribution in [2.24, 2.45) is 21.7 Å². The van der Waals surface area contributed by atoms with Crippen molar-refractivity contribution in [3.05, 3.63) is 71.4 Å². The molecule has 23 heavy (non-hydrogen) atoms. The van der Waals surface area contributed by atoms with Gasteiger partial charge in [-0.2, -0.15) is 5.10 Å². The molecular formula is C18H19N5. The molecule has 0 fully saturated rings. The Bertz CT molecular complexity index is 868. The van der Waals surface area contributed by atoms with Crippen LogP contribution in [0.25, 0.3) is 10.9 Å². The largest absolute Gasteiger partial charge is 0.369 e. The molecule has 5 heteroatoms. The van der Waals surface area contributed by atoms with Crippen molar-refractivity contribution in [2.75, 3.05) is 0 Å². The van der Waals surface area contributed by atoms with Crippen LogP contribution >= 0.6 is 0 Å². The lowest BCUT2D eigenvalue weighted by atomic mass is 10.1. The van der Waals surface area contributed by atoms with Gasteiger partial charge in [0.2, 0.25) is 5.96 Å². The molecule has 4 N–H and O–H groups in total. The minimum Gasteiger partial charge on any atom is -0.369 e. The lowest BCUT2D eigenvalue weighted by Gasteiger charge is -2.07. The molecular weight excluding hydrogens is 286 g/mol. The fraction of sp³-hybridized carbons (Fsp3) is 0.111. The number of guanidine groups is 1. The minimum atomic E-state index is -0.0509. The average Bonchev–Trinajstić information content (AvgIpc) is 2.92. The van der Waals surface area contributed by atoms with Crippen LogP contribution < -0.4 is 11.5 Å². The Morgan fingerprint density at radius 2 is 1.87 bits per heavy atom. The Morgan fingerprint density at radius 1 is 1.09 bits per heavy atom. The van der Waals surface area contributed by atoms with Crippen molar-refractivity contribution < 1.29 is 0 Å². The molecule has 0 bridgehead atoms. The summed E-state index contributed by atoms with van der Waals surface area (Å²) in [5.41, 5.74) is 15.2. The van der Waals surface area contributed by atoms with Crippen LogP contribution in [0.3, 0.4) is 0 Å². The number of aromatic nitrogens is 1. The smallest absolute Gasteiger partial charge is 0.211 e. The van der Waals surface area contributed by atoms with Crippen molar-refractivity contribution in [3.63, 3.8) is 0 Å². The first-order valence-electron chi connectivity index (χ1n) is 7.38. The monoisotopic (exact) mass is 305 g/mol. The van der Waals surface area contributed by atoms with Crippen LogP contribution in [0.1, 0.15) is 16.7 Å². The second-order valence-corrected chi connectivity index (χ2v) is 5.52. The SMILES string of the molecule is Cc1ccc(Cn2ccc3ccc(C=NN=C(N)N)cc32)cc1. The second-order valence-electron chi connectivity index (χ2n) is 5.52.